The number of piperidine rings is 1. The summed E-state index contributed by atoms with van der Waals surface area (Å²) in [6.45, 7) is 8.61. The Labute approximate surface area is 234 Å². The van der Waals surface area contributed by atoms with E-state index < -0.39 is 0 Å². The number of halogens is 1. The van der Waals surface area contributed by atoms with Crippen molar-refractivity contribution in [2.24, 2.45) is 16.3 Å². The summed E-state index contributed by atoms with van der Waals surface area (Å²) in [6.07, 6.45) is 7.47. The fourth-order valence-electron chi connectivity index (χ4n) is 4.82. The number of rotatable bonds is 8. The molecule has 1 saturated heterocycles. The van der Waals surface area contributed by atoms with Gasteiger partial charge in [-0.2, -0.15) is 0 Å². The van der Waals surface area contributed by atoms with E-state index >= 15 is 0 Å². The van der Waals surface area contributed by atoms with Crippen molar-refractivity contribution >= 4 is 45.2 Å². The lowest BCUT2D eigenvalue weighted by Crippen LogP contribution is -2.34. The van der Waals surface area contributed by atoms with E-state index in [4.69, 9.17) is 10.7 Å². The molecule has 2 heterocycles. The summed E-state index contributed by atoms with van der Waals surface area (Å²) < 4.78 is 0.904. The van der Waals surface area contributed by atoms with Crippen LogP contribution < -0.4 is 16.0 Å². The van der Waals surface area contributed by atoms with Gasteiger partial charge in [0.05, 0.1) is 10.2 Å². The van der Waals surface area contributed by atoms with Crippen LogP contribution in [-0.4, -0.2) is 30.2 Å². The number of nitrogens with two attached hydrogens (primary N) is 1. The number of carbonyl (C=O) groups excluding carboxylic acids is 1. The van der Waals surface area contributed by atoms with Crippen LogP contribution in [0.2, 0.25) is 0 Å². The minimum atomic E-state index is -0.0234. The average molecular weight is 577 g/mol. The summed E-state index contributed by atoms with van der Waals surface area (Å²) in [4.78, 5) is 23.6. The molecule has 4 rings (SSSR count). The number of aromatic nitrogens is 1. The van der Waals surface area contributed by atoms with E-state index in [-0.39, 0.29) is 11.3 Å². The van der Waals surface area contributed by atoms with Gasteiger partial charge < -0.3 is 16.0 Å². The summed E-state index contributed by atoms with van der Waals surface area (Å²) in [7, 11) is 0. The number of nitrogens with one attached hydrogen (secondary N) is 1. The van der Waals surface area contributed by atoms with Gasteiger partial charge in [-0.3, -0.25) is 9.79 Å². The molecule has 38 heavy (non-hydrogen) atoms. The summed E-state index contributed by atoms with van der Waals surface area (Å²) in [6, 6.07) is 18.8. The van der Waals surface area contributed by atoms with Gasteiger partial charge in [0.2, 0.25) is 5.91 Å². The molecule has 0 atom stereocenters. The quantitative estimate of drug-likeness (QED) is 0.293. The topological polar surface area (TPSA) is 83.6 Å². The molecule has 1 amide bonds. The van der Waals surface area contributed by atoms with E-state index in [9.17, 15) is 4.79 Å². The first-order valence-corrected chi connectivity index (χ1v) is 14.1. The summed E-state index contributed by atoms with van der Waals surface area (Å²) in [5.41, 5.74) is 11.4. The zero-order valence-corrected chi connectivity index (χ0v) is 24.2. The van der Waals surface area contributed by atoms with Crippen molar-refractivity contribution in [2.75, 3.05) is 23.7 Å². The highest BCUT2D eigenvalue weighted by molar-refractivity contribution is 9.10. The van der Waals surface area contributed by atoms with Crippen LogP contribution in [0, 0.1) is 11.3 Å². The van der Waals surface area contributed by atoms with Crippen molar-refractivity contribution in [2.45, 2.75) is 53.0 Å². The average Bonchev–Trinajstić information content (AvgIpc) is 2.89. The second-order valence-electron chi connectivity index (χ2n) is 11.3. The van der Waals surface area contributed by atoms with Gasteiger partial charge in [-0.05, 0) is 63.2 Å². The molecule has 1 aliphatic heterocycles. The fourth-order valence-corrected chi connectivity index (χ4v) is 5.37. The van der Waals surface area contributed by atoms with E-state index in [1.165, 1.54) is 5.56 Å². The molecule has 6 nitrogen and oxygen atoms in total. The van der Waals surface area contributed by atoms with Crippen molar-refractivity contribution in [3.63, 3.8) is 0 Å². The first-order chi connectivity index (χ1) is 18.2. The number of nitrogens with zero attached hydrogens (tertiary/aromatic N) is 3. The number of hydrogen-bond donors (Lipinski definition) is 2. The molecule has 3 aromatic rings. The maximum absolute atomic E-state index is 12.1. The zero-order valence-electron chi connectivity index (χ0n) is 22.6. The molecule has 1 aliphatic rings. The molecule has 0 spiro atoms. The maximum Gasteiger partial charge on any atom is 0.220 e. The van der Waals surface area contributed by atoms with Crippen LogP contribution in [0.25, 0.3) is 0 Å². The van der Waals surface area contributed by atoms with Gasteiger partial charge in [-0.15, -0.1) is 0 Å². The predicted octanol–water partition coefficient (Wildman–Crippen LogP) is 6.69. The van der Waals surface area contributed by atoms with Gasteiger partial charge in [0.25, 0.3) is 0 Å². The van der Waals surface area contributed by atoms with Crippen molar-refractivity contribution in [1.29, 1.82) is 0 Å². The van der Waals surface area contributed by atoms with E-state index in [1.807, 2.05) is 30.5 Å². The number of pyridine rings is 1. The smallest absolute Gasteiger partial charge is 0.220 e. The Kier molecular flexibility index (Phi) is 9.21. The summed E-state index contributed by atoms with van der Waals surface area (Å²) >= 11 is 3.70. The highest BCUT2D eigenvalue weighted by Crippen LogP contribution is 2.41. The van der Waals surface area contributed by atoms with E-state index in [2.05, 4.69) is 82.2 Å². The Morgan fingerprint density at radius 3 is 2.45 bits per heavy atom. The number of carbonyl (C=O) groups is 1. The lowest BCUT2D eigenvalue weighted by atomic mass is 9.90. The Morgan fingerprint density at radius 1 is 1.11 bits per heavy atom. The largest absolute Gasteiger partial charge is 0.382 e. The Morgan fingerprint density at radius 2 is 1.79 bits per heavy atom. The molecular formula is C31H38BrN5O. The number of anilines is 2. The van der Waals surface area contributed by atoms with Crippen LogP contribution in [0.1, 0.15) is 56.7 Å². The Balaban J connectivity index is 1.40. The van der Waals surface area contributed by atoms with Crippen molar-refractivity contribution in [1.82, 2.24) is 10.3 Å². The van der Waals surface area contributed by atoms with Gasteiger partial charge in [-0.1, -0.05) is 75.4 Å². The van der Waals surface area contributed by atoms with Crippen LogP contribution in [-0.2, 0) is 17.8 Å². The standard InChI is InChI=1S/C31H38BrN5O/c1-31(2,3)18-27(38)34-19-24-9-11-25(12-10-24)20-35-28-29(26(32)21-36-30(28)33)37-15-13-23(14-16-37)17-22-7-5-4-6-8-22/h4-12,20-21,23H,13-19H2,1-3H3,(H2,33,36)(H,34,38). The number of hydrogen-bond acceptors (Lipinski definition) is 5. The highest BCUT2D eigenvalue weighted by atomic mass is 79.9. The fraction of sp³-hybridized carbons (Fsp3) is 0.387. The Hall–Kier alpha value is -3.19. The van der Waals surface area contributed by atoms with Gasteiger partial charge >= 0.3 is 0 Å². The molecule has 2 aromatic carbocycles. The van der Waals surface area contributed by atoms with Crippen LogP contribution in [0.15, 0.2) is 70.3 Å². The van der Waals surface area contributed by atoms with E-state index in [1.54, 1.807) is 6.20 Å². The first-order valence-electron chi connectivity index (χ1n) is 13.3. The minimum Gasteiger partial charge on any atom is -0.382 e. The number of nitrogen functional groups attached to an aromatic ring is 1. The number of amides is 1. The molecule has 0 saturated carbocycles. The van der Waals surface area contributed by atoms with E-state index in [0.717, 1.165) is 53.6 Å². The molecule has 0 unspecified atom stereocenters. The highest BCUT2D eigenvalue weighted by Gasteiger charge is 2.24. The van der Waals surface area contributed by atoms with Crippen LogP contribution in [0.3, 0.4) is 0 Å². The third kappa shape index (κ3) is 7.90. The molecule has 3 N–H and O–H groups in total. The first kappa shape index (κ1) is 27.8. The molecule has 0 radical (unpaired) electrons. The van der Waals surface area contributed by atoms with Crippen LogP contribution >= 0.6 is 15.9 Å². The molecular weight excluding hydrogens is 538 g/mol. The predicted molar refractivity (Wildman–Crippen MR) is 161 cm³/mol. The number of benzene rings is 2. The van der Waals surface area contributed by atoms with Crippen molar-refractivity contribution in [3.8, 4) is 0 Å². The van der Waals surface area contributed by atoms with Crippen LogP contribution in [0.5, 0.6) is 0 Å². The zero-order chi connectivity index (χ0) is 27.1. The summed E-state index contributed by atoms with van der Waals surface area (Å²) in [5, 5.41) is 3.00. The third-order valence-corrected chi connectivity index (χ3v) is 7.39. The minimum absolute atomic E-state index is 0.0234. The lowest BCUT2D eigenvalue weighted by molar-refractivity contribution is -0.122. The van der Waals surface area contributed by atoms with Crippen molar-refractivity contribution in [3.05, 3.63) is 82.0 Å². The van der Waals surface area contributed by atoms with Crippen LogP contribution in [0.4, 0.5) is 17.2 Å². The third-order valence-electron chi connectivity index (χ3n) is 6.81. The second-order valence-corrected chi connectivity index (χ2v) is 12.2. The van der Waals surface area contributed by atoms with E-state index in [0.29, 0.717) is 30.4 Å². The van der Waals surface area contributed by atoms with Gasteiger partial charge in [-0.25, -0.2) is 4.98 Å². The van der Waals surface area contributed by atoms with Crippen molar-refractivity contribution < 1.29 is 4.79 Å². The molecule has 200 valence electrons. The second kappa shape index (κ2) is 12.6. The summed E-state index contributed by atoms with van der Waals surface area (Å²) in [5.74, 6) is 1.16. The molecule has 1 aromatic heterocycles. The molecule has 1 fully saturated rings. The maximum atomic E-state index is 12.1. The monoisotopic (exact) mass is 575 g/mol. The molecule has 0 bridgehead atoms. The molecule has 7 heteroatoms. The number of aliphatic imine (C=N–C) groups is 1. The van der Waals surface area contributed by atoms with Gasteiger partial charge in [0.1, 0.15) is 5.69 Å². The normalized spacial score (nSPS) is 14.7. The lowest BCUT2D eigenvalue weighted by Gasteiger charge is -2.35. The van der Waals surface area contributed by atoms with Gasteiger partial charge in [0.15, 0.2) is 5.82 Å². The Bertz CT molecular complexity index is 1240. The molecule has 0 aliphatic carbocycles. The van der Waals surface area contributed by atoms with Gasteiger partial charge in [0, 0.05) is 38.5 Å². The SMILES string of the molecule is CC(C)(C)CC(=O)NCc1ccc(C=Nc2c(N)ncc(Br)c2N2CCC(Cc3ccccc3)CC2)cc1.